The molecule has 2 atom stereocenters. The van der Waals surface area contributed by atoms with Crippen LogP contribution in [-0.2, 0) is 27.2 Å². The molecule has 0 heterocycles. The summed E-state index contributed by atoms with van der Waals surface area (Å²) in [4.78, 5) is 35.2. The number of amides is 1. The molecule has 2 rings (SSSR count). The first-order chi connectivity index (χ1) is 14.5. The third-order valence-corrected chi connectivity index (χ3v) is 5.18. The molecule has 3 N–H and O–H groups in total. The van der Waals surface area contributed by atoms with E-state index in [9.17, 15) is 19.5 Å². The first-order valence-electron chi connectivity index (χ1n) is 10.3. The summed E-state index contributed by atoms with van der Waals surface area (Å²) in [6, 6.07) is 19.4. The van der Waals surface area contributed by atoms with Crippen molar-refractivity contribution in [3.63, 3.8) is 0 Å². The van der Waals surface area contributed by atoms with E-state index in [1.54, 1.807) is 0 Å². The standard InChI is InChI=1S/C24H29NO5/c26-22(27)15-16-25-23(28)20(13-11-18-7-3-1-4-8-18)17-21(24(29)30)14-12-19-9-5-2-6-10-19/h1-10,20-21H,11-17H2,(H,25,28)(H,26,27)(H,29,30)/t20-,21-/m0/s1. The van der Waals surface area contributed by atoms with E-state index < -0.39 is 23.8 Å². The maximum atomic E-state index is 12.7. The number of hydrogen-bond acceptors (Lipinski definition) is 3. The van der Waals surface area contributed by atoms with Gasteiger partial charge in [0, 0.05) is 12.5 Å². The van der Waals surface area contributed by atoms with Crippen LogP contribution in [0.5, 0.6) is 0 Å². The number of aryl methyl sites for hydroxylation is 2. The predicted octanol–water partition coefficient (Wildman–Crippen LogP) is 3.55. The van der Waals surface area contributed by atoms with Gasteiger partial charge in [0.15, 0.2) is 0 Å². The molecule has 30 heavy (non-hydrogen) atoms. The second-order valence-electron chi connectivity index (χ2n) is 7.45. The fourth-order valence-corrected chi connectivity index (χ4v) is 3.45. The van der Waals surface area contributed by atoms with Crippen molar-refractivity contribution in [1.29, 1.82) is 0 Å². The fourth-order valence-electron chi connectivity index (χ4n) is 3.45. The number of carbonyl (C=O) groups is 3. The molecule has 0 aliphatic heterocycles. The molecule has 0 radical (unpaired) electrons. The van der Waals surface area contributed by atoms with Crippen LogP contribution in [0, 0.1) is 11.8 Å². The van der Waals surface area contributed by atoms with Crippen LogP contribution in [0.3, 0.4) is 0 Å². The van der Waals surface area contributed by atoms with E-state index in [-0.39, 0.29) is 25.3 Å². The minimum atomic E-state index is -0.984. The van der Waals surface area contributed by atoms with Gasteiger partial charge in [0.05, 0.1) is 12.3 Å². The zero-order valence-electron chi connectivity index (χ0n) is 17.0. The Morgan fingerprint density at radius 1 is 0.767 bits per heavy atom. The van der Waals surface area contributed by atoms with Crippen LogP contribution in [0.2, 0.25) is 0 Å². The number of carboxylic acid groups (broad SMARTS) is 2. The summed E-state index contributed by atoms with van der Waals surface area (Å²) >= 11 is 0. The number of carboxylic acids is 2. The van der Waals surface area contributed by atoms with Gasteiger partial charge in [-0.05, 0) is 43.2 Å². The van der Waals surface area contributed by atoms with E-state index in [0.29, 0.717) is 25.7 Å². The Morgan fingerprint density at radius 3 is 1.73 bits per heavy atom. The van der Waals surface area contributed by atoms with Crippen molar-refractivity contribution in [2.75, 3.05) is 6.54 Å². The van der Waals surface area contributed by atoms with Crippen molar-refractivity contribution in [3.05, 3.63) is 71.8 Å². The Hall–Kier alpha value is -3.15. The molecule has 2 aromatic rings. The van der Waals surface area contributed by atoms with Gasteiger partial charge in [0.1, 0.15) is 0 Å². The van der Waals surface area contributed by atoms with Gasteiger partial charge in [-0.3, -0.25) is 14.4 Å². The highest BCUT2D eigenvalue weighted by Crippen LogP contribution is 2.23. The van der Waals surface area contributed by atoms with Crippen LogP contribution in [0.1, 0.15) is 36.8 Å². The highest BCUT2D eigenvalue weighted by atomic mass is 16.4. The average Bonchev–Trinajstić information content (AvgIpc) is 2.74. The maximum absolute atomic E-state index is 12.7. The molecule has 6 heteroatoms. The summed E-state index contributed by atoms with van der Waals surface area (Å²) in [5, 5.41) is 21.1. The molecule has 1 amide bonds. The van der Waals surface area contributed by atoms with E-state index in [2.05, 4.69) is 5.32 Å². The quantitative estimate of drug-likeness (QED) is 0.468. The number of benzene rings is 2. The highest BCUT2D eigenvalue weighted by molar-refractivity contribution is 5.80. The average molecular weight is 411 g/mol. The van der Waals surface area contributed by atoms with Gasteiger partial charge < -0.3 is 15.5 Å². The lowest BCUT2D eigenvalue weighted by Gasteiger charge is -2.21. The molecule has 160 valence electrons. The molecule has 0 saturated heterocycles. The van der Waals surface area contributed by atoms with E-state index in [1.165, 1.54) is 0 Å². The lowest BCUT2D eigenvalue weighted by atomic mass is 9.86. The van der Waals surface area contributed by atoms with Crippen molar-refractivity contribution in [1.82, 2.24) is 5.32 Å². The number of carbonyl (C=O) groups excluding carboxylic acids is 1. The van der Waals surface area contributed by atoms with Gasteiger partial charge >= 0.3 is 11.9 Å². The maximum Gasteiger partial charge on any atom is 0.306 e. The van der Waals surface area contributed by atoms with Crippen molar-refractivity contribution >= 4 is 17.8 Å². The van der Waals surface area contributed by atoms with Crippen LogP contribution in [0.4, 0.5) is 0 Å². The minimum absolute atomic E-state index is 0.0394. The number of hydrogen-bond donors (Lipinski definition) is 3. The molecule has 0 fully saturated rings. The molecule has 0 bridgehead atoms. The fraction of sp³-hybridized carbons (Fsp3) is 0.375. The highest BCUT2D eigenvalue weighted by Gasteiger charge is 2.27. The Bertz CT molecular complexity index is 807. The molecule has 0 aliphatic carbocycles. The van der Waals surface area contributed by atoms with Gasteiger partial charge in [-0.15, -0.1) is 0 Å². The van der Waals surface area contributed by atoms with E-state index >= 15 is 0 Å². The molecule has 0 spiro atoms. The van der Waals surface area contributed by atoms with E-state index in [1.807, 2.05) is 60.7 Å². The number of aliphatic carboxylic acids is 2. The molecular formula is C24H29NO5. The van der Waals surface area contributed by atoms with Gasteiger partial charge in [-0.1, -0.05) is 60.7 Å². The Balaban J connectivity index is 2.02. The summed E-state index contributed by atoms with van der Waals surface area (Å²) in [5.41, 5.74) is 2.15. The number of rotatable bonds is 13. The van der Waals surface area contributed by atoms with Gasteiger partial charge in [-0.2, -0.15) is 0 Å². The predicted molar refractivity (Wildman–Crippen MR) is 114 cm³/mol. The third-order valence-electron chi connectivity index (χ3n) is 5.18. The molecule has 2 aromatic carbocycles. The van der Waals surface area contributed by atoms with Crippen LogP contribution in [0.25, 0.3) is 0 Å². The monoisotopic (exact) mass is 411 g/mol. The van der Waals surface area contributed by atoms with Crippen LogP contribution in [0.15, 0.2) is 60.7 Å². The molecular weight excluding hydrogens is 382 g/mol. The summed E-state index contributed by atoms with van der Waals surface area (Å²) < 4.78 is 0. The largest absolute Gasteiger partial charge is 0.481 e. The Morgan fingerprint density at radius 2 is 1.27 bits per heavy atom. The normalized spacial score (nSPS) is 12.7. The van der Waals surface area contributed by atoms with Crippen molar-refractivity contribution in [2.24, 2.45) is 11.8 Å². The topological polar surface area (TPSA) is 104 Å². The van der Waals surface area contributed by atoms with Crippen LogP contribution >= 0.6 is 0 Å². The molecule has 0 unspecified atom stereocenters. The zero-order valence-corrected chi connectivity index (χ0v) is 17.0. The molecule has 0 saturated carbocycles. The first kappa shape index (κ1) is 23.1. The van der Waals surface area contributed by atoms with Gasteiger partial charge in [0.25, 0.3) is 0 Å². The summed E-state index contributed by atoms with van der Waals surface area (Å²) in [6.45, 7) is 0.0394. The van der Waals surface area contributed by atoms with Crippen molar-refractivity contribution in [3.8, 4) is 0 Å². The molecule has 0 aliphatic rings. The molecule has 6 nitrogen and oxygen atoms in total. The zero-order chi connectivity index (χ0) is 21.8. The van der Waals surface area contributed by atoms with Crippen LogP contribution in [-0.4, -0.2) is 34.6 Å². The van der Waals surface area contributed by atoms with Gasteiger partial charge in [0.2, 0.25) is 5.91 Å². The second kappa shape index (κ2) is 12.4. The SMILES string of the molecule is O=C(O)CCNC(=O)[C@@H](CCc1ccccc1)C[C@H](CCc1ccccc1)C(=O)O. The third kappa shape index (κ3) is 8.47. The Kier molecular flexibility index (Phi) is 9.58. The number of nitrogens with one attached hydrogen (secondary N) is 1. The molecule has 0 aromatic heterocycles. The lowest BCUT2D eigenvalue weighted by Crippen LogP contribution is -2.35. The van der Waals surface area contributed by atoms with Crippen molar-refractivity contribution < 1.29 is 24.6 Å². The van der Waals surface area contributed by atoms with E-state index in [4.69, 9.17) is 5.11 Å². The minimum Gasteiger partial charge on any atom is -0.481 e. The summed E-state index contributed by atoms with van der Waals surface area (Å²) in [7, 11) is 0. The summed E-state index contributed by atoms with van der Waals surface area (Å²) in [6.07, 6.45) is 2.32. The summed E-state index contributed by atoms with van der Waals surface area (Å²) in [5.74, 6) is -3.30. The first-order valence-corrected chi connectivity index (χ1v) is 10.3. The van der Waals surface area contributed by atoms with Crippen molar-refractivity contribution in [2.45, 2.75) is 38.5 Å². The van der Waals surface area contributed by atoms with Gasteiger partial charge in [-0.25, -0.2) is 0 Å². The smallest absolute Gasteiger partial charge is 0.306 e. The van der Waals surface area contributed by atoms with E-state index in [0.717, 1.165) is 11.1 Å². The lowest BCUT2D eigenvalue weighted by molar-refractivity contribution is -0.143. The Labute approximate surface area is 176 Å². The second-order valence-corrected chi connectivity index (χ2v) is 7.45. The van der Waals surface area contributed by atoms with Crippen LogP contribution < -0.4 is 5.32 Å².